The molecule has 0 aliphatic carbocycles. The highest BCUT2D eigenvalue weighted by Gasteiger charge is 2.10. The number of rotatable bonds is 3. The molecule has 17 heavy (non-hydrogen) atoms. The lowest BCUT2D eigenvalue weighted by Crippen LogP contribution is -2.00. The Labute approximate surface area is 121 Å². The number of nitrogens with one attached hydrogen (secondary N) is 1. The third kappa shape index (κ3) is 2.74. The van der Waals surface area contributed by atoms with Crippen molar-refractivity contribution in [1.29, 1.82) is 0 Å². The van der Waals surface area contributed by atoms with Crippen molar-refractivity contribution in [3.8, 4) is 0 Å². The molecule has 2 aromatic heterocycles. The van der Waals surface area contributed by atoms with Gasteiger partial charge in [0.05, 0.1) is 20.9 Å². The van der Waals surface area contributed by atoms with E-state index in [1.165, 1.54) is 4.88 Å². The van der Waals surface area contributed by atoms with Crippen LogP contribution in [-0.4, -0.2) is 9.78 Å². The van der Waals surface area contributed by atoms with Gasteiger partial charge in [0.25, 0.3) is 0 Å². The summed E-state index contributed by atoms with van der Waals surface area (Å²) in [5.41, 5.74) is 3.34. The second-order valence-corrected chi connectivity index (χ2v) is 7.17. The maximum atomic E-state index is 4.38. The highest BCUT2D eigenvalue weighted by molar-refractivity contribution is 9.13. The molecule has 0 spiro atoms. The first-order valence-corrected chi connectivity index (χ1v) is 7.57. The van der Waals surface area contributed by atoms with Gasteiger partial charge in [-0.1, -0.05) is 0 Å². The summed E-state index contributed by atoms with van der Waals surface area (Å²) >= 11 is 8.73. The largest absolute Gasteiger partial charge is 0.377 e. The van der Waals surface area contributed by atoms with Crippen molar-refractivity contribution in [2.75, 3.05) is 5.32 Å². The molecular formula is C11H13Br2N3S. The molecular weight excluding hydrogens is 366 g/mol. The van der Waals surface area contributed by atoms with Crippen molar-refractivity contribution in [2.24, 2.45) is 7.05 Å². The average Bonchev–Trinajstić information content (AvgIpc) is 2.69. The zero-order chi connectivity index (χ0) is 12.6. The lowest BCUT2D eigenvalue weighted by Gasteiger charge is -2.04. The number of nitrogens with zero attached hydrogens (tertiary/aromatic N) is 2. The Bertz CT molecular complexity index is 526. The molecule has 6 heteroatoms. The van der Waals surface area contributed by atoms with Crippen LogP contribution in [0.3, 0.4) is 0 Å². The van der Waals surface area contributed by atoms with Crippen molar-refractivity contribution < 1.29 is 0 Å². The second kappa shape index (κ2) is 5.12. The predicted octanol–water partition coefficient (Wildman–Crippen LogP) is 4.24. The van der Waals surface area contributed by atoms with E-state index in [4.69, 9.17) is 0 Å². The lowest BCUT2D eigenvalue weighted by molar-refractivity contribution is 0.731. The van der Waals surface area contributed by atoms with E-state index >= 15 is 0 Å². The van der Waals surface area contributed by atoms with Crippen LogP contribution in [-0.2, 0) is 13.6 Å². The van der Waals surface area contributed by atoms with Gasteiger partial charge in [-0.15, -0.1) is 11.3 Å². The molecule has 92 valence electrons. The summed E-state index contributed by atoms with van der Waals surface area (Å²) in [6, 6.07) is 2.13. The number of thiophene rings is 1. The Morgan fingerprint density at radius 2 is 2.12 bits per heavy atom. The Balaban J connectivity index is 2.12. The molecule has 0 bridgehead atoms. The van der Waals surface area contributed by atoms with E-state index in [0.717, 1.165) is 31.9 Å². The lowest BCUT2D eigenvalue weighted by atomic mass is 10.3. The maximum absolute atomic E-state index is 4.38. The fraction of sp³-hybridized carbons (Fsp3) is 0.364. The third-order valence-corrected chi connectivity index (χ3v) is 5.90. The van der Waals surface area contributed by atoms with E-state index in [0.29, 0.717) is 0 Å². The van der Waals surface area contributed by atoms with Crippen LogP contribution in [0.2, 0.25) is 0 Å². The van der Waals surface area contributed by atoms with Gasteiger partial charge in [-0.05, 0) is 51.8 Å². The fourth-order valence-electron chi connectivity index (χ4n) is 1.68. The Morgan fingerprint density at radius 3 is 2.59 bits per heavy atom. The standard InChI is InChI=1S/C11H13Br2N3S/c1-6-10(7(2)16(3)15-6)14-5-8-4-9(12)11(13)17-8/h4,14H,5H2,1-3H3. The maximum Gasteiger partial charge on any atom is 0.0843 e. The summed E-state index contributed by atoms with van der Waals surface area (Å²) in [6.07, 6.45) is 0. The molecule has 0 atom stereocenters. The molecule has 0 unspecified atom stereocenters. The molecule has 2 aromatic rings. The monoisotopic (exact) mass is 377 g/mol. The zero-order valence-corrected chi connectivity index (χ0v) is 13.8. The van der Waals surface area contributed by atoms with Crippen LogP contribution < -0.4 is 5.32 Å². The van der Waals surface area contributed by atoms with Crippen LogP contribution in [0.4, 0.5) is 5.69 Å². The third-order valence-electron chi connectivity index (χ3n) is 2.64. The smallest absolute Gasteiger partial charge is 0.0843 e. The first-order valence-electron chi connectivity index (χ1n) is 5.17. The average molecular weight is 379 g/mol. The molecule has 0 amide bonds. The summed E-state index contributed by atoms with van der Waals surface area (Å²) in [4.78, 5) is 1.28. The van der Waals surface area contributed by atoms with E-state index in [1.54, 1.807) is 11.3 Å². The van der Waals surface area contributed by atoms with Crippen LogP contribution in [0.5, 0.6) is 0 Å². The minimum absolute atomic E-state index is 0.822. The van der Waals surface area contributed by atoms with E-state index in [-0.39, 0.29) is 0 Å². The Morgan fingerprint density at radius 1 is 1.41 bits per heavy atom. The highest BCUT2D eigenvalue weighted by atomic mass is 79.9. The van der Waals surface area contributed by atoms with Gasteiger partial charge in [-0.3, -0.25) is 4.68 Å². The molecule has 0 aromatic carbocycles. The minimum atomic E-state index is 0.822. The predicted molar refractivity (Wildman–Crippen MR) is 79.7 cm³/mol. The first-order chi connectivity index (χ1) is 7.99. The molecule has 0 radical (unpaired) electrons. The number of hydrogen-bond donors (Lipinski definition) is 1. The van der Waals surface area contributed by atoms with Crippen molar-refractivity contribution in [2.45, 2.75) is 20.4 Å². The van der Waals surface area contributed by atoms with Crippen molar-refractivity contribution in [3.05, 3.63) is 30.6 Å². The summed E-state index contributed by atoms with van der Waals surface area (Å²) < 4.78 is 4.14. The molecule has 2 heterocycles. The highest BCUT2D eigenvalue weighted by Crippen LogP contribution is 2.33. The normalized spacial score (nSPS) is 10.9. The van der Waals surface area contributed by atoms with Gasteiger partial charge in [0.15, 0.2) is 0 Å². The fourth-order valence-corrected chi connectivity index (χ4v) is 3.80. The zero-order valence-electron chi connectivity index (χ0n) is 9.84. The van der Waals surface area contributed by atoms with Gasteiger partial charge in [-0.2, -0.15) is 5.10 Å². The van der Waals surface area contributed by atoms with Crippen molar-refractivity contribution in [1.82, 2.24) is 9.78 Å². The summed E-state index contributed by atoms with van der Waals surface area (Å²) in [5.74, 6) is 0. The molecule has 0 aliphatic rings. The van der Waals surface area contributed by atoms with Crippen LogP contribution in [0.15, 0.2) is 14.3 Å². The summed E-state index contributed by atoms with van der Waals surface area (Å²) in [6.45, 7) is 4.92. The van der Waals surface area contributed by atoms with Gasteiger partial charge in [0, 0.05) is 22.9 Å². The Kier molecular flexibility index (Phi) is 3.95. The molecule has 1 N–H and O–H groups in total. The molecule has 2 rings (SSSR count). The summed E-state index contributed by atoms with van der Waals surface area (Å²) in [5, 5.41) is 7.83. The molecule has 0 saturated heterocycles. The first kappa shape index (κ1) is 13.1. The number of aryl methyl sites for hydroxylation is 2. The molecule has 0 fully saturated rings. The van der Waals surface area contributed by atoms with Gasteiger partial charge in [-0.25, -0.2) is 0 Å². The summed E-state index contributed by atoms with van der Waals surface area (Å²) in [7, 11) is 1.96. The minimum Gasteiger partial charge on any atom is -0.377 e. The van der Waals surface area contributed by atoms with Gasteiger partial charge in [0.2, 0.25) is 0 Å². The van der Waals surface area contributed by atoms with Gasteiger partial charge >= 0.3 is 0 Å². The number of halogens is 2. The van der Waals surface area contributed by atoms with E-state index in [2.05, 4.69) is 55.3 Å². The van der Waals surface area contributed by atoms with Crippen molar-refractivity contribution >= 4 is 48.9 Å². The SMILES string of the molecule is Cc1nn(C)c(C)c1NCc1cc(Br)c(Br)s1. The topological polar surface area (TPSA) is 29.9 Å². The van der Waals surface area contributed by atoms with Crippen LogP contribution >= 0.6 is 43.2 Å². The van der Waals surface area contributed by atoms with Crippen molar-refractivity contribution in [3.63, 3.8) is 0 Å². The number of anilines is 1. The van der Waals surface area contributed by atoms with Crippen LogP contribution in [0.1, 0.15) is 16.3 Å². The van der Waals surface area contributed by atoms with E-state index in [1.807, 2.05) is 18.7 Å². The molecule has 3 nitrogen and oxygen atoms in total. The molecule has 0 saturated carbocycles. The van der Waals surface area contributed by atoms with Crippen LogP contribution in [0, 0.1) is 13.8 Å². The second-order valence-electron chi connectivity index (χ2n) is 3.86. The van der Waals surface area contributed by atoms with E-state index in [9.17, 15) is 0 Å². The number of aromatic nitrogens is 2. The number of hydrogen-bond acceptors (Lipinski definition) is 3. The van der Waals surface area contributed by atoms with E-state index < -0.39 is 0 Å². The van der Waals surface area contributed by atoms with Gasteiger partial charge in [0.1, 0.15) is 0 Å². The van der Waals surface area contributed by atoms with Crippen LogP contribution in [0.25, 0.3) is 0 Å². The van der Waals surface area contributed by atoms with Gasteiger partial charge < -0.3 is 5.32 Å². The quantitative estimate of drug-likeness (QED) is 0.865. The Hall–Kier alpha value is -0.330. The molecule has 0 aliphatic heterocycles.